The molecule has 0 radical (unpaired) electrons. The Bertz CT molecular complexity index is 1450. The van der Waals surface area contributed by atoms with Crippen molar-refractivity contribution in [3.63, 3.8) is 0 Å². The molecule has 4 rings (SSSR count). The fourth-order valence-corrected chi connectivity index (χ4v) is 3.60. The van der Waals surface area contributed by atoms with Crippen molar-refractivity contribution in [2.45, 2.75) is 13.0 Å². The van der Waals surface area contributed by atoms with Crippen molar-refractivity contribution in [1.29, 1.82) is 0 Å². The number of ether oxygens (including phenoxy) is 3. The summed E-state index contributed by atoms with van der Waals surface area (Å²) in [5.74, 6) is 0.259. The van der Waals surface area contributed by atoms with Gasteiger partial charge in [0.2, 0.25) is 0 Å². The van der Waals surface area contributed by atoms with Crippen molar-refractivity contribution in [3.05, 3.63) is 120 Å². The molecule has 0 aliphatic heterocycles. The van der Waals surface area contributed by atoms with Gasteiger partial charge in [-0.1, -0.05) is 72.8 Å². The number of methoxy groups -OCH3 is 1. The molecule has 4 aromatic carbocycles. The lowest BCUT2D eigenvalue weighted by atomic mass is 10.1. The highest BCUT2D eigenvalue weighted by Gasteiger charge is 2.14. The highest BCUT2D eigenvalue weighted by Crippen LogP contribution is 2.28. The van der Waals surface area contributed by atoms with Gasteiger partial charge in [-0.2, -0.15) is 5.10 Å². The van der Waals surface area contributed by atoms with Gasteiger partial charge >= 0.3 is 5.97 Å². The third-order valence-electron chi connectivity index (χ3n) is 5.64. The van der Waals surface area contributed by atoms with Gasteiger partial charge in [0.1, 0.15) is 5.75 Å². The zero-order valence-corrected chi connectivity index (χ0v) is 21.6. The number of nitrogens with one attached hydrogen (secondary N) is 1. The third kappa shape index (κ3) is 7.90. The molecular formula is C32H28N2O5. The largest absolute Gasteiger partial charge is 0.493 e. The van der Waals surface area contributed by atoms with Crippen LogP contribution in [0, 0.1) is 0 Å². The Morgan fingerprint density at radius 1 is 0.795 bits per heavy atom. The summed E-state index contributed by atoms with van der Waals surface area (Å²) in [6.07, 6.45) is 3.72. The van der Waals surface area contributed by atoms with Crippen LogP contribution < -0.4 is 19.6 Å². The predicted molar refractivity (Wildman–Crippen MR) is 152 cm³/mol. The fourth-order valence-electron chi connectivity index (χ4n) is 3.60. The molecule has 0 bridgehead atoms. The normalized spacial score (nSPS) is 11.7. The minimum Gasteiger partial charge on any atom is -0.493 e. The van der Waals surface area contributed by atoms with E-state index >= 15 is 0 Å². The number of hydrogen-bond donors (Lipinski definition) is 1. The van der Waals surface area contributed by atoms with Crippen molar-refractivity contribution >= 4 is 24.2 Å². The average molecular weight is 521 g/mol. The summed E-state index contributed by atoms with van der Waals surface area (Å²) in [6.45, 7) is 1.65. The molecule has 1 N–H and O–H groups in total. The highest BCUT2D eigenvalue weighted by molar-refractivity contribution is 5.89. The van der Waals surface area contributed by atoms with Crippen molar-refractivity contribution < 1.29 is 23.8 Å². The van der Waals surface area contributed by atoms with Crippen molar-refractivity contribution in [3.8, 4) is 28.4 Å². The summed E-state index contributed by atoms with van der Waals surface area (Å²) in [5, 5.41) is 4.01. The van der Waals surface area contributed by atoms with Crippen LogP contribution in [0.4, 0.5) is 0 Å². The zero-order chi connectivity index (χ0) is 27.5. The minimum atomic E-state index is -0.759. The van der Waals surface area contributed by atoms with Crippen LogP contribution in [0.3, 0.4) is 0 Å². The molecule has 0 heterocycles. The van der Waals surface area contributed by atoms with E-state index in [4.69, 9.17) is 14.2 Å². The smallest absolute Gasteiger partial charge is 0.336 e. The molecule has 0 saturated heterocycles. The van der Waals surface area contributed by atoms with E-state index in [0.29, 0.717) is 17.1 Å². The Balaban J connectivity index is 1.29. The van der Waals surface area contributed by atoms with Crippen LogP contribution in [-0.4, -0.2) is 31.3 Å². The second-order valence-corrected chi connectivity index (χ2v) is 8.46. The van der Waals surface area contributed by atoms with E-state index in [1.807, 2.05) is 84.9 Å². The van der Waals surface area contributed by atoms with Crippen LogP contribution in [0.5, 0.6) is 17.2 Å². The second kappa shape index (κ2) is 13.4. The number of hydrazone groups is 1. The summed E-state index contributed by atoms with van der Waals surface area (Å²) in [5.41, 5.74) is 6.16. The SMILES string of the molecule is COc1cc(C=NNC(=O)C(C)Oc2ccc(-c3ccccc3)cc2)ccc1OC(=O)C=Cc1ccccc1. The van der Waals surface area contributed by atoms with Gasteiger partial charge < -0.3 is 14.2 Å². The van der Waals surface area contributed by atoms with E-state index in [9.17, 15) is 9.59 Å². The molecule has 196 valence electrons. The Morgan fingerprint density at radius 3 is 2.15 bits per heavy atom. The van der Waals surface area contributed by atoms with Gasteiger partial charge in [-0.3, -0.25) is 4.79 Å². The first kappa shape index (κ1) is 26.9. The van der Waals surface area contributed by atoms with Gasteiger partial charge in [-0.05, 0) is 65.6 Å². The molecule has 1 unspecified atom stereocenters. The lowest BCUT2D eigenvalue weighted by Crippen LogP contribution is -2.33. The molecule has 0 saturated carbocycles. The fraction of sp³-hybridized carbons (Fsp3) is 0.0938. The third-order valence-corrected chi connectivity index (χ3v) is 5.64. The van der Waals surface area contributed by atoms with Gasteiger partial charge in [-0.25, -0.2) is 10.2 Å². The molecular weight excluding hydrogens is 492 g/mol. The van der Waals surface area contributed by atoms with Crippen LogP contribution in [-0.2, 0) is 9.59 Å². The number of nitrogens with zero attached hydrogens (tertiary/aromatic N) is 1. The van der Waals surface area contributed by atoms with E-state index in [1.54, 1.807) is 31.2 Å². The molecule has 7 nitrogen and oxygen atoms in total. The zero-order valence-electron chi connectivity index (χ0n) is 21.6. The Morgan fingerprint density at radius 2 is 1.46 bits per heavy atom. The number of benzene rings is 4. The number of carbonyl (C=O) groups is 2. The molecule has 1 atom stereocenters. The Kier molecular flexibility index (Phi) is 9.23. The first-order chi connectivity index (χ1) is 19.0. The summed E-state index contributed by atoms with van der Waals surface area (Å²) < 4.78 is 16.5. The molecule has 39 heavy (non-hydrogen) atoms. The number of carbonyl (C=O) groups excluding carboxylic acids is 2. The molecule has 4 aromatic rings. The van der Waals surface area contributed by atoms with Crippen LogP contribution in [0.25, 0.3) is 17.2 Å². The number of esters is 1. The average Bonchev–Trinajstić information content (AvgIpc) is 2.98. The van der Waals surface area contributed by atoms with E-state index in [1.165, 1.54) is 19.4 Å². The summed E-state index contributed by atoms with van der Waals surface area (Å²) in [4.78, 5) is 24.7. The van der Waals surface area contributed by atoms with Gasteiger partial charge in [0.25, 0.3) is 5.91 Å². The lowest BCUT2D eigenvalue weighted by Gasteiger charge is -2.13. The van der Waals surface area contributed by atoms with Gasteiger partial charge in [0.15, 0.2) is 17.6 Å². The molecule has 0 aliphatic carbocycles. The molecule has 7 heteroatoms. The maximum atomic E-state index is 12.5. The number of hydrogen-bond acceptors (Lipinski definition) is 6. The van der Waals surface area contributed by atoms with Crippen molar-refractivity contribution in [2.24, 2.45) is 5.10 Å². The molecule has 0 aromatic heterocycles. The van der Waals surface area contributed by atoms with E-state index in [0.717, 1.165) is 16.7 Å². The first-order valence-corrected chi connectivity index (χ1v) is 12.3. The van der Waals surface area contributed by atoms with Gasteiger partial charge in [-0.15, -0.1) is 0 Å². The van der Waals surface area contributed by atoms with E-state index in [2.05, 4.69) is 10.5 Å². The van der Waals surface area contributed by atoms with Crippen LogP contribution in [0.15, 0.2) is 114 Å². The maximum Gasteiger partial charge on any atom is 0.336 e. The van der Waals surface area contributed by atoms with Crippen molar-refractivity contribution in [2.75, 3.05) is 7.11 Å². The van der Waals surface area contributed by atoms with Crippen LogP contribution >= 0.6 is 0 Å². The lowest BCUT2D eigenvalue weighted by molar-refractivity contribution is -0.129. The molecule has 0 spiro atoms. The van der Waals surface area contributed by atoms with Gasteiger partial charge in [0.05, 0.1) is 13.3 Å². The topological polar surface area (TPSA) is 86.2 Å². The summed E-state index contributed by atoms with van der Waals surface area (Å²) in [7, 11) is 1.47. The number of amides is 1. The Labute approximate surface area is 227 Å². The van der Waals surface area contributed by atoms with Gasteiger partial charge in [0, 0.05) is 6.08 Å². The molecule has 0 aliphatic rings. The number of rotatable bonds is 10. The van der Waals surface area contributed by atoms with Crippen molar-refractivity contribution in [1.82, 2.24) is 5.43 Å². The minimum absolute atomic E-state index is 0.265. The molecule has 1 amide bonds. The predicted octanol–water partition coefficient (Wildman–Crippen LogP) is 5.90. The summed E-state index contributed by atoms with van der Waals surface area (Å²) in [6, 6.07) is 31.9. The summed E-state index contributed by atoms with van der Waals surface area (Å²) >= 11 is 0. The highest BCUT2D eigenvalue weighted by atomic mass is 16.6. The first-order valence-electron chi connectivity index (χ1n) is 12.3. The van der Waals surface area contributed by atoms with Crippen LogP contribution in [0.1, 0.15) is 18.1 Å². The molecule has 0 fully saturated rings. The Hall–Kier alpha value is -5.17. The van der Waals surface area contributed by atoms with E-state index in [-0.39, 0.29) is 5.75 Å². The standard InChI is InChI=1S/C32H28N2O5/c1-23(38-28-17-15-27(16-18-28)26-11-7-4-8-12-26)32(36)34-33-22-25-13-19-29(30(21-25)37-2)39-31(35)20-14-24-9-5-3-6-10-24/h3-23H,1-2H3,(H,34,36). The van der Waals surface area contributed by atoms with E-state index < -0.39 is 18.0 Å². The monoisotopic (exact) mass is 520 g/mol. The second-order valence-electron chi connectivity index (χ2n) is 8.46. The maximum absolute atomic E-state index is 12.5. The quantitative estimate of drug-likeness (QED) is 0.0925. The van der Waals surface area contributed by atoms with Crippen LogP contribution in [0.2, 0.25) is 0 Å².